The molecule has 0 radical (unpaired) electrons. The van der Waals surface area contributed by atoms with Crippen LogP contribution in [0.25, 0.3) is 0 Å². The monoisotopic (exact) mass is 253 g/mol. The molecule has 3 nitrogen and oxygen atoms in total. The maximum absolute atomic E-state index is 6.35. The summed E-state index contributed by atoms with van der Waals surface area (Å²) >= 11 is 0. The van der Waals surface area contributed by atoms with Crippen LogP contribution in [-0.4, -0.2) is 55.1 Å². The van der Waals surface area contributed by atoms with E-state index in [-0.39, 0.29) is 0 Å². The van der Waals surface area contributed by atoms with Crippen LogP contribution in [0.15, 0.2) is 0 Å². The highest BCUT2D eigenvalue weighted by atomic mass is 15.3. The van der Waals surface area contributed by atoms with Gasteiger partial charge in [-0.15, -0.1) is 0 Å². The maximum Gasteiger partial charge on any atom is 0.0195 e. The lowest BCUT2D eigenvalue weighted by molar-refractivity contribution is 0.0544. The average molecular weight is 253 g/mol. The Morgan fingerprint density at radius 2 is 2.00 bits per heavy atom. The van der Waals surface area contributed by atoms with Crippen molar-refractivity contribution in [1.29, 1.82) is 0 Å². The number of likely N-dealkylation sites (N-methyl/N-ethyl adjacent to an activating group) is 1. The molecule has 3 heteroatoms. The molecule has 0 aromatic rings. The van der Waals surface area contributed by atoms with Crippen LogP contribution >= 0.6 is 0 Å². The number of nitrogens with two attached hydrogens (primary N) is 1. The third-order valence-electron chi connectivity index (χ3n) is 5.01. The molecule has 1 saturated heterocycles. The standard InChI is InChI=1S/C15H31N3/c1-12-10-17(4)7-8-18(12)11-13-9-15(2,3)6-5-14(13)16/h12-14H,5-11,16H2,1-4H3. The van der Waals surface area contributed by atoms with E-state index in [2.05, 4.69) is 37.6 Å². The second kappa shape index (κ2) is 5.48. The molecule has 0 amide bonds. The molecule has 18 heavy (non-hydrogen) atoms. The summed E-state index contributed by atoms with van der Waals surface area (Å²) in [6.07, 6.45) is 3.80. The van der Waals surface area contributed by atoms with E-state index in [1.165, 1.54) is 45.4 Å². The van der Waals surface area contributed by atoms with E-state index >= 15 is 0 Å². The minimum Gasteiger partial charge on any atom is -0.327 e. The van der Waals surface area contributed by atoms with Crippen LogP contribution in [0, 0.1) is 11.3 Å². The van der Waals surface area contributed by atoms with Gasteiger partial charge in [-0.25, -0.2) is 0 Å². The summed E-state index contributed by atoms with van der Waals surface area (Å²) in [6, 6.07) is 1.10. The Morgan fingerprint density at radius 3 is 2.67 bits per heavy atom. The fourth-order valence-electron chi connectivity index (χ4n) is 3.71. The van der Waals surface area contributed by atoms with Crippen LogP contribution in [0.2, 0.25) is 0 Å². The first-order valence-electron chi connectivity index (χ1n) is 7.55. The second-order valence-electron chi connectivity index (χ2n) is 7.44. The Kier molecular flexibility index (Phi) is 4.35. The molecular weight excluding hydrogens is 222 g/mol. The lowest BCUT2D eigenvalue weighted by Gasteiger charge is -2.45. The van der Waals surface area contributed by atoms with Crippen LogP contribution < -0.4 is 5.73 Å². The zero-order valence-corrected chi connectivity index (χ0v) is 12.7. The van der Waals surface area contributed by atoms with Crippen molar-refractivity contribution in [3.8, 4) is 0 Å². The minimum absolute atomic E-state index is 0.421. The second-order valence-corrected chi connectivity index (χ2v) is 7.44. The van der Waals surface area contributed by atoms with E-state index < -0.39 is 0 Å². The van der Waals surface area contributed by atoms with Crippen molar-refractivity contribution in [2.24, 2.45) is 17.1 Å². The molecule has 0 spiro atoms. The predicted molar refractivity (Wildman–Crippen MR) is 77.6 cm³/mol. The summed E-state index contributed by atoms with van der Waals surface area (Å²) in [5, 5.41) is 0. The van der Waals surface area contributed by atoms with Gasteiger partial charge < -0.3 is 10.6 Å². The molecule has 0 aromatic carbocycles. The molecule has 0 bridgehead atoms. The summed E-state index contributed by atoms with van der Waals surface area (Å²) in [7, 11) is 2.23. The quantitative estimate of drug-likeness (QED) is 0.814. The molecule has 2 rings (SSSR count). The first-order valence-corrected chi connectivity index (χ1v) is 7.55. The predicted octanol–water partition coefficient (Wildman–Crippen LogP) is 1.78. The molecule has 1 aliphatic carbocycles. The Morgan fingerprint density at radius 1 is 1.28 bits per heavy atom. The van der Waals surface area contributed by atoms with E-state index in [1.807, 2.05) is 0 Å². The molecule has 106 valence electrons. The summed E-state index contributed by atoms with van der Waals surface area (Å²) in [4.78, 5) is 5.10. The number of nitrogens with zero attached hydrogens (tertiary/aromatic N) is 2. The van der Waals surface area contributed by atoms with Gasteiger partial charge in [-0.3, -0.25) is 4.90 Å². The van der Waals surface area contributed by atoms with E-state index in [4.69, 9.17) is 5.73 Å². The Bertz CT molecular complexity index is 277. The van der Waals surface area contributed by atoms with Crippen molar-refractivity contribution in [2.45, 2.75) is 52.1 Å². The molecule has 1 aliphatic heterocycles. The third kappa shape index (κ3) is 3.46. The van der Waals surface area contributed by atoms with Crippen LogP contribution in [0.1, 0.15) is 40.0 Å². The van der Waals surface area contributed by atoms with Crippen LogP contribution in [0.4, 0.5) is 0 Å². The fraction of sp³-hybridized carbons (Fsp3) is 1.00. The van der Waals surface area contributed by atoms with Gasteiger partial charge in [0, 0.05) is 38.3 Å². The molecule has 3 atom stereocenters. The van der Waals surface area contributed by atoms with Crippen LogP contribution in [-0.2, 0) is 0 Å². The van der Waals surface area contributed by atoms with Gasteiger partial charge in [0.15, 0.2) is 0 Å². The van der Waals surface area contributed by atoms with E-state index in [9.17, 15) is 0 Å². The van der Waals surface area contributed by atoms with Gasteiger partial charge in [0.2, 0.25) is 0 Å². The van der Waals surface area contributed by atoms with Crippen molar-refractivity contribution in [2.75, 3.05) is 33.2 Å². The fourth-order valence-corrected chi connectivity index (χ4v) is 3.71. The normalized spacial score (nSPS) is 38.8. The number of hydrogen-bond acceptors (Lipinski definition) is 3. The molecule has 1 saturated carbocycles. The smallest absolute Gasteiger partial charge is 0.0195 e. The van der Waals surface area contributed by atoms with Gasteiger partial charge in [0.05, 0.1) is 0 Å². The summed E-state index contributed by atoms with van der Waals surface area (Å²) < 4.78 is 0. The first-order chi connectivity index (χ1) is 8.37. The van der Waals surface area contributed by atoms with Crippen molar-refractivity contribution in [1.82, 2.24) is 9.80 Å². The lowest BCUT2D eigenvalue weighted by atomic mass is 9.70. The van der Waals surface area contributed by atoms with Gasteiger partial charge in [0.1, 0.15) is 0 Å². The SMILES string of the molecule is CC1CN(C)CCN1CC1CC(C)(C)CCC1N. The van der Waals surface area contributed by atoms with E-state index in [0.717, 1.165) is 0 Å². The average Bonchev–Trinajstić information content (AvgIpc) is 2.27. The van der Waals surface area contributed by atoms with Crippen molar-refractivity contribution >= 4 is 0 Å². The van der Waals surface area contributed by atoms with Crippen molar-refractivity contribution in [3.63, 3.8) is 0 Å². The lowest BCUT2D eigenvalue weighted by Crippen LogP contribution is -2.54. The molecular formula is C15H31N3. The highest BCUT2D eigenvalue weighted by molar-refractivity contribution is 4.90. The highest BCUT2D eigenvalue weighted by Gasteiger charge is 2.35. The molecule has 2 aliphatic rings. The Labute approximate surface area is 113 Å². The van der Waals surface area contributed by atoms with Gasteiger partial charge in [-0.2, -0.15) is 0 Å². The summed E-state index contributed by atoms with van der Waals surface area (Å²) in [6.45, 7) is 12.0. The zero-order chi connectivity index (χ0) is 13.3. The molecule has 3 unspecified atom stereocenters. The number of hydrogen-bond donors (Lipinski definition) is 1. The van der Waals surface area contributed by atoms with Gasteiger partial charge in [-0.05, 0) is 44.6 Å². The zero-order valence-electron chi connectivity index (χ0n) is 12.7. The van der Waals surface area contributed by atoms with Gasteiger partial charge >= 0.3 is 0 Å². The van der Waals surface area contributed by atoms with Crippen molar-refractivity contribution in [3.05, 3.63) is 0 Å². The largest absolute Gasteiger partial charge is 0.327 e. The number of piperazine rings is 1. The van der Waals surface area contributed by atoms with Crippen molar-refractivity contribution < 1.29 is 0 Å². The van der Waals surface area contributed by atoms with E-state index in [0.29, 0.717) is 23.4 Å². The third-order valence-corrected chi connectivity index (χ3v) is 5.01. The van der Waals surface area contributed by atoms with Crippen LogP contribution in [0.5, 0.6) is 0 Å². The summed E-state index contributed by atoms with van der Waals surface area (Å²) in [5.41, 5.74) is 6.85. The van der Waals surface area contributed by atoms with Gasteiger partial charge in [-0.1, -0.05) is 13.8 Å². The Hall–Kier alpha value is -0.120. The topological polar surface area (TPSA) is 32.5 Å². The first kappa shape index (κ1) is 14.3. The summed E-state index contributed by atoms with van der Waals surface area (Å²) in [5.74, 6) is 0.694. The Balaban J connectivity index is 1.91. The minimum atomic E-state index is 0.421. The molecule has 1 heterocycles. The van der Waals surface area contributed by atoms with Crippen LogP contribution in [0.3, 0.4) is 0 Å². The molecule has 2 N–H and O–H groups in total. The maximum atomic E-state index is 6.35. The molecule has 2 fully saturated rings. The molecule has 0 aromatic heterocycles. The van der Waals surface area contributed by atoms with Gasteiger partial charge in [0.25, 0.3) is 0 Å². The van der Waals surface area contributed by atoms with E-state index in [1.54, 1.807) is 0 Å². The number of rotatable bonds is 2. The highest BCUT2D eigenvalue weighted by Crippen LogP contribution is 2.38.